The first-order valence-electron chi connectivity index (χ1n) is 7.67. The van der Waals surface area contributed by atoms with Crippen molar-refractivity contribution in [2.45, 2.75) is 31.2 Å². The van der Waals surface area contributed by atoms with Crippen LogP contribution in [0.4, 0.5) is 5.69 Å². The number of carbonyl (C=O) groups is 3. The number of anilines is 1. The molecule has 1 aromatic carbocycles. The van der Waals surface area contributed by atoms with E-state index in [2.05, 4.69) is 5.32 Å². The smallest absolute Gasteiger partial charge is 0.317 e. The molecule has 1 aromatic rings. The van der Waals surface area contributed by atoms with Gasteiger partial charge < -0.3 is 35.6 Å². The number of hydrogen-bond acceptors (Lipinski definition) is 7. The van der Waals surface area contributed by atoms with E-state index in [1.54, 1.807) is 12.1 Å². The highest BCUT2D eigenvalue weighted by Crippen LogP contribution is 2.21. The number of aliphatic hydroxyl groups is 2. The summed E-state index contributed by atoms with van der Waals surface area (Å²) in [6, 6.07) is 6.24. The lowest BCUT2D eigenvalue weighted by Crippen LogP contribution is -2.43. The maximum atomic E-state index is 10.6. The number of phenolic OH excluding ortho intramolecular Hbond substituents is 1. The number of aliphatic carboxylic acids is 2. The van der Waals surface area contributed by atoms with E-state index in [4.69, 9.17) is 25.2 Å². The number of amides is 1. The third-order valence-electron chi connectivity index (χ3n) is 3.64. The van der Waals surface area contributed by atoms with Gasteiger partial charge in [-0.15, -0.1) is 0 Å². The second kappa shape index (κ2) is 10.3. The Morgan fingerprint density at radius 1 is 1.15 bits per heavy atom. The van der Waals surface area contributed by atoms with Crippen LogP contribution in [0.3, 0.4) is 0 Å². The quantitative estimate of drug-likeness (QED) is 0.221. The summed E-state index contributed by atoms with van der Waals surface area (Å²) in [7, 11) is 0. The van der Waals surface area contributed by atoms with Crippen LogP contribution in [0.5, 0.6) is 5.75 Å². The number of carboxylic acid groups (broad SMARTS) is 2. The second-order valence-corrected chi connectivity index (χ2v) is 5.60. The van der Waals surface area contributed by atoms with Crippen molar-refractivity contribution < 1.29 is 44.7 Å². The Labute approximate surface area is 148 Å². The van der Waals surface area contributed by atoms with Crippen LogP contribution in [0.25, 0.3) is 0 Å². The number of aromatic hydroxyl groups is 1. The lowest BCUT2D eigenvalue weighted by molar-refractivity contribution is -0.161. The van der Waals surface area contributed by atoms with Crippen LogP contribution in [0.1, 0.15) is 12.8 Å². The van der Waals surface area contributed by atoms with Crippen LogP contribution >= 0.6 is 0 Å². The zero-order valence-electron chi connectivity index (χ0n) is 13.7. The Balaban J connectivity index is 0.000000289. The van der Waals surface area contributed by atoms with Crippen molar-refractivity contribution in [3.05, 3.63) is 24.3 Å². The van der Waals surface area contributed by atoms with E-state index in [1.807, 2.05) is 0 Å². The molecule has 0 radical (unpaired) electrons. The minimum atomic E-state index is -1.55. The predicted molar refractivity (Wildman–Crippen MR) is 87.5 cm³/mol. The predicted octanol–water partition coefficient (Wildman–Crippen LogP) is -0.367. The number of ether oxygens (including phenoxy) is 1. The number of phenols is 1. The van der Waals surface area contributed by atoms with Gasteiger partial charge in [0.25, 0.3) is 0 Å². The number of benzene rings is 1. The van der Waals surface area contributed by atoms with Crippen molar-refractivity contribution in [3.8, 4) is 5.75 Å². The molecule has 1 fully saturated rings. The molecule has 6 N–H and O–H groups in total. The number of rotatable bonds is 6. The van der Waals surface area contributed by atoms with Crippen molar-refractivity contribution in [3.63, 3.8) is 0 Å². The first kappa shape index (κ1) is 21.4. The molecule has 26 heavy (non-hydrogen) atoms. The molecule has 3 unspecified atom stereocenters. The van der Waals surface area contributed by atoms with E-state index >= 15 is 0 Å². The zero-order chi connectivity index (χ0) is 19.7. The Bertz CT molecular complexity index is 590. The van der Waals surface area contributed by atoms with E-state index in [0.29, 0.717) is 12.1 Å². The van der Waals surface area contributed by atoms with Crippen molar-refractivity contribution in [2.24, 2.45) is 5.92 Å². The van der Waals surface area contributed by atoms with Crippen LogP contribution < -0.4 is 5.32 Å². The average Bonchev–Trinajstić information content (AvgIpc) is 2.58. The molecule has 1 heterocycles. The van der Waals surface area contributed by atoms with Crippen molar-refractivity contribution in [1.29, 1.82) is 0 Å². The van der Waals surface area contributed by atoms with Gasteiger partial charge in [0.15, 0.2) is 5.92 Å². The van der Waals surface area contributed by atoms with Gasteiger partial charge in [0.2, 0.25) is 6.41 Å². The number of aliphatic hydroxyl groups excluding tert-OH is 2. The third-order valence-corrected chi connectivity index (χ3v) is 3.64. The minimum Gasteiger partial charge on any atom is -0.508 e. The fourth-order valence-corrected chi connectivity index (χ4v) is 2.20. The topological polar surface area (TPSA) is 174 Å². The van der Waals surface area contributed by atoms with Crippen LogP contribution in [0.15, 0.2) is 24.3 Å². The van der Waals surface area contributed by atoms with Crippen LogP contribution in [-0.2, 0) is 19.1 Å². The van der Waals surface area contributed by atoms with Crippen molar-refractivity contribution in [1.82, 2.24) is 0 Å². The lowest BCUT2D eigenvalue weighted by atomic mass is 9.94. The lowest BCUT2D eigenvalue weighted by Gasteiger charge is -2.31. The van der Waals surface area contributed by atoms with E-state index in [1.165, 1.54) is 12.1 Å². The molecule has 0 aromatic heterocycles. The normalized spacial score (nSPS) is 22.0. The summed E-state index contributed by atoms with van der Waals surface area (Å²) in [6.45, 7) is -0.113. The molecular formula is C16H21NO9. The molecule has 0 saturated carbocycles. The molecule has 1 aliphatic rings. The average molecular weight is 371 g/mol. The Morgan fingerprint density at radius 2 is 1.73 bits per heavy atom. The Hall–Kier alpha value is -2.69. The Kier molecular flexibility index (Phi) is 8.49. The molecule has 1 amide bonds. The molecule has 1 aliphatic heterocycles. The maximum absolute atomic E-state index is 10.6. The number of hydrogen-bond donors (Lipinski definition) is 6. The zero-order valence-corrected chi connectivity index (χ0v) is 13.7. The molecule has 0 aliphatic carbocycles. The molecular weight excluding hydrogens is 350 g/mol. The van der Waals surface area contributed by atoms with Gasteiger partial charge in [-0.2, -0.15) is 0 Å². The SMILES string of the molecule is O=C(O)C(CC1CC(O)C(O)CO1)C(=O)O.O=CNc1ccc(O)cc1. The van der Waals surface area contributed by atoms with Crippen LogP contribution in [0, 0.1) is 5.92 Å². The van der Waals surface area contributed by atoms with Crippen molar-refractivity contribution in [2.75, 3.05) is 11.9 Å². The highest BCUT2D eigenvalue weighted by atomic mass is 16.5. The standard InChI is InChI=1S/C9H14O7.C7H7NO2/c10-6-2-4(16-3-7(6)11)1-5(8(12)13)9(14)15;9-5-8-6-1-3-7(10)4-2-6/h4-7,10-11H,1-3H2,(H,12,13)(H,14,15);1-5,10H,(H,8,9). The molecule has 1 saturated heterocycles. The highest BCUT2D eigenvalue weighted by molar-refractivity contribution is 5.92. The summed E-state index contributed by atoms with van der Waals surface area (Å²) in [6.07, 6.45) is -2.24. The van der Waals surface area contributed by atoms with Crippen LogP contribution in [-0.4, -0.2) is 68.8 Å². The summed E-state index contributed by atoms with van der Waals surface area (Å²) in [4.78, 5) is 31.1. The minimum absolute atomic E-state index is 0.0399. The second-order valence-electron chi connectivity index (χ2n) is 5.60. The summed E-state index contributed by atoms with van der Waals surface area (Å²) in [5.74, 6) is -4.22. The van der Waals surface area contributed by atoms with Gasteiger partial charge in [-0.25, -0.2) is 0 Å². The molecule has 0 spiro atoms. The molecule has 144 valence electrons. The van der Waals surface area contributed by atoms with Gasteiger partial charge in [-0.3, -0.25) is 14.4 Å². The monoisotopic (exact) mass is 371 g/mol. The first-order valence-corrected chi connectivity index (χ1v) is 7.67. The maximum Gasteiger partial charge on any atom is 0.317 e. The molecule has 2 rings (SSSR count). The number of carbonyl (C=O) groups excluding carboxylic acids is 1. The summed E-state index contributed by atoms with van der Waals surface area (Å²) >= 11 is 0. The number of carboxylic acids is 2. The highest BCUT2D eigenvalue weighted by Gasteiger charge is 2.34. The fraction of sp³-hybridized carbons (Fsp3) is 0.438. The molecule has 10 heteroatoms. The third kappa shape index (κ3) is 7.05. The van der Waals surface area contributed by atoms with E-state index in [-0.39, 0.29) is 25.2 Å². The largest absolute Gasteiger partial charge is 0.508 e. The first-order chi connectivity index (χ1) is 12.2. The molecule has 3 atom stereocenters. The molecule has 10 nitrogen and oxygen atoms in total. The summed E-state index contributed by atoms with van der Waals surface area (Å²) in [5, 5.41) is 47.0. The summed E-state index contributed by atoms with van der Waals surface area (Å²) < 4.78 is 5.05. The Morgan fingerprint density at radius 3 is 2.19 bits per heavy atom. The van der Waals surface area contributed by atoms with Gasteiger partial charge in [-0.1, -0.05) is 0 Å². The van der Waals surface area contributed by atoms with E-state index < -0.39 is 36.2 Å². The van der Waals surface area contributed by atoms with Gasteiger partial charge in [0.1, 0.15) is 11.9 Å². The van der Waals surface area contributed by atoms with Gasteiger partial charge in [0.05, 0.1) is 18.8 Å². The van der Waals surface area contributed by atoms with E-state index in [0.717, 1.165) is 0 Å². The van der Waals surface area contributed by atoms with E-state index in [9.17, 15) is 19.5 Å². The number of nitrogens with one attached hydrogen (secondary N) is 1. The molecule has 0 bridgehead atoms. The van der Waals surface area contributed by atoms with Gasteiger partial charge >= 0.3 is 11.9 Å². The summed E-state index contributed by atoms with van der Waals surface area (Å²) in [5.41, 5.74) is 0.674. The van der Waals surface area contributed by atoms with Crippen molar-refractivity contribution >= 4 is 24.0 Å². The van der Waals surface area contributed by atoms with Crippen LogP contribution in [0.2, 0.25) is 0 Å². The van der Waals surface area contributed by atoms with Gasteiger partial charge in [-0.05, 0) is 30.7 Å². The fourth-order valence-electron chi connectivity index (χ4n) is 2.20. The van der Waals surface area contributed by atoms with Gasteiger partial charge in [0, 0.05) is 12.1 Å².